The van der Waals surface area contributed by atoms with Crippen LogP contribution in [0.5, 0.6) is 0 Å². The number of aromatic nitrogens is 1. The summed E-state index contributed by atoms with van der Waals surface area (Å²) in [4.78, 5) is 19.7. The Morgan fingerprint density at radius 3 is 3.04 bits per heavy atom. The van der Waals surface area contributed by atoms with E-state index in [0.717, 1.165) is 49.5 Å². The van der Waals surface area contributed by atoms with Gasteiger partial charge in [-0.15, -0.1) is 0 Å². The number of hydrogen-bond donors (Lipinski definition) is 1. The first kappa shape index (κ1) is 17.5. The highest BCUT2D eigenvalue weighted by molar-refractivity contribution is 7.22. The van der Waals surface area contributed by atoms with Gasteiger partial charge < -0.3 is 10.2 Å². The lowest BCUT2D eigenvalue weighted by Crippen LogP contribution is -2.43. The molecule has 1 unspecified atom stereocenters. The van der Waals surface area contributed by atoms with Crippen molar-refractivity contribution in [2.75, 3.05) is 24.5 Å². The molecular formula is C21H27N3OS. The fourth-order valence-electron chi connectivity index (χ4n) is 3.98. The molecule has 26 heavy (non-hydrogen) atoms. The molecule has 1 fully saturated rings. The van der Waals surface area contributed by atoms with Gasteiger partial charge in [0.05, 0.1) is 16.1 Å². The summed E-state index contributed by atoms with van der Waals surface area (Å²) in [7, 11) is 0. The maximum atomic E-state index is 12.6. The van der Waals surface area contributed by atoms with Crippen LogP contribution in [0.25, 0.3) is 10.2 Å². The number of para-hydroxylation sites is 1. The summed E-state index contributed by atoms with van der Waals surface area (Å²) in [6, 6.07) is 8.26. The summed E-state index contributed by atoms with van der Waals surface area (Å²) in [5, 5.41) is 4.23. The van der Waals surface area contributed by atoms with E-state index >= 15 is 0 Å². The molecule has 1 aliphatic carbocycles. The van der Waals surface area contributed by atoms with Crippen molar-refractivity contribution < 1.29 is 4.79 Å². The minimum absolute atomic E-state index is 0.0797. The van der Waals surface area contributed by atoms with E-state index in [0.29, 0.717) is 0 Å². The van der Waals surface area contributed by atoms with E-state index in [2.05, 4.69) is 34.5 Å². The van der Waals surface area contributed by atoms with Crippen LogP contribution in [-0.4, -0.2) is 30.5 Å². The van der Waals surface area contributed by atoms with Crippen molar-refractivity contribution in [1.29, 1.82) is 0 Å². The van der Waals surface area contributed by atoms with Crippen LogP contribution in [0.4, 0.5) is 5.13 Å². The molecule has 1 N–H and O–H groups in total. The van der Waals surface area contributed by atoms with Crippen molar-refractivity contribution >= 4 is 32.6 Å². The van der Waals surface area contributed by atoms with E-state index in [1.54, 1.807) is 11.3 Å². The molecule has 0 saturated carbocycles. The third-order valence-electron chi connectivity index (χ3n) is 5.48. The number of nitrogens with one attached hydrogen (secondary N) is 1. The molecule has 1 aromatic heterocycles. The molecule has 0 radical (unpaired) electrons. The molecule has 2 heterocycles. The van der Waals surface area contributed by atoms with Gasteiger partial charge >= 0.3 is 0 Å². The van der Waals surface area contributed by atoms with Crippen molar-refractivity contribution in [1.82, 2.24) is 10.3 Å². The molecule has 1 amide bonds. The number of hydrogen-bond acceptors (Lipinski definition) is 4. The first-order chi connectivity index (χ1) is 12.8. The Morgan fingerprint density at radius 2 is 2.19 bits per heavy atom. The van der Waals surface area contributed by atoms with Crippen LogP contribution >= 0.6 is 11.3 Å². The fraction of sp³-hybridized carbons (Fsp3) is 0.524. The zero-order chi connectivity index (χ0) is 17.8. The Kier molecular flexibility index (Phi) is 5.54. The second-order valence-electron chi connectivity index (χ2n) is 7.40. The summed E-state index contributed by atoms with van der Waals surface area (Å²) in [5.74, 6) is 0.295. The maximum Gasteiger partial charge on any atom is 0.224 e. The molecule has 2 aliphatic rings. The van der Waals surface area contributed by atoms with Crippen LogP contribution in [-0.2, 0) is 4.79 Å². The molecule has 4 rings (SSSR count). The van der Waals surface area contributed by atoms with Gasteiger partial charge in [-0.3, -0.25) is 4.79 Å². The number of piperidine rings is 1. The first-order valence-electron chi connectivity index (χ1n) is 9.86. The zero-order valence-corrected chi connectivity index (χ0v) is 16.1. The average molecular weight is 370 g/mol. The Balaban J connectivity index is 1.32. The number of nitrogens with zero attached hydrogens (tertiary/aromatic N) is 2. The van der Waals surface area contributed by atoms with Gasteiger partial charge in [-0.1, -0.05) is 35.1 Å². The highest BCUT2D eigenvalue weighted by Crippen LogP contribution is 2.31. The minimum atomic E-state index is 0.0797. The predicted molar refractivity (Wildman–Crippen MR) is 109 cm³/mol. The first-order valence-corrected chi connectivity index (χ1v) is 10.7. The topological polar surface area (TPSA) is 45.2 Å². The molecule has 5 heteroatoms. The van der Waals surface area contributed by atoms with E-state index in [1.807, 2.05) is 6.07 Å². The molecule has 1 aliphatic heterocycles. The smallest absolute Gasteiger partial charge is 0.224 e. The van der Waals surface area contributed by atoms with Gasteiger partial charge in [0.15, 0.2) is 5.13 Å². The number of amides is 1. The molecule has 0 bridgehead atoms. The number of allylic oxidation sites excluding steroid dienone is 1. The number of carbonyl (C=O) groups is 1. The SMILES string of the molecule is O=C(NCCC1=CCCCC1)C1CCCN(c2nc3ccccc3s2)C1. The van der Waals surface area contributed by atoms with Crippen molar-refractivity contribution in [3.05, 3.63) is 35.9 Å². The van der Waals surface area contributed by atoms with Crippen molar-refractivity contribution in [2.45, 2.75) is 44.9 Å². The largest absolute Gasteiger partial charge is 0.355 e. The average Bonchev–Trinajstić information content (AvgIpc) is 3.13. The normalized spacial score (nSPS) is 20.8. The quantitative estimate of drug-likeness (QED) is 0.788. The second-order valence-corrected chi connectivity index (χ2v) is 8.41. The maximum absolute atomic E-state index is 12.6. The van der Waals surface area contributed by atoms with Crippen LogP contribution in [0.2, 0.25) is 0 Å². The Bertz CT molecular complexity index is 764. The van der Waals surface area contributed by atoms with Crippen LogP contribution < -0.4 is 10.2 Å². The van der Waals surface area contributed by atoms with Gasteiger partial charge in [-0.2, -0.15) is 0 Å². The highest BCUT2D eigenvalue weighted by Gasteiger charge is 2.27. The Hall–Kier alpha value is -1.88. The van der Waals surface area contributed by atoms with Gasteiger partial charge in [-0.25, -0.2) is 4.98 Å². The van der Waals surface area contributed by atoms with Crippen molar-refractivity contribution in [2.24, 2.45) is 5.92 Å². The van der Waals surface area contributed by atoms with Crippen LogP contribution in [0, 0.1) is 5.92 Å². The summed E-state index contributed by atoms with van der Waals surface area (Å²) in [5.41, 5.74) is 2.58. The number of thiazole rings is 1. The fourth-order valence-corrected chi connectivity index (χ4v) is 4.98. The van der Waals surface area contributed by atoms with Gasteiger partial charge in [-0.05, 0) is 57.1 Å². The lowest BCUT2D eigenvalue weighted by Gasteiger charge is -2.31. The number of benzene rings is 1. The summed E-state index contributed by atoms with van der Waals surface area (Å²) in [6.45, 7) is 2.56. The van der Waals surface area contributed by atoms with Gasteiger partial charge in [0.1, 0.15) is 0 Å². The predicted octanol–water partition coefficient (Wildman–Crippen LogP) is 4.52. The molecule has 0 spiro atoms. The molecule has 4 nitrogen and oxygen atoms in total. The summed E-state index contributed by atoms with van der Waals surface area (Å²) < 4.78 is 1.22. The summed E-state index contributed by atoms with van der Waals surface area (Å²) in [6.07, 6.45) is 10.5. The molecule has 138 valence electrons. The van der Waals surface area contributed by atoms with Gasteiger partial charge in [0.2, 0.25) is 5.91 Å². The minimum Gasteiger partial charge on any atom is -0.355 e. The zero-order valence-electron chi connectivity index (χ0n) is 15.2. The number of anilines is 1. The standard InChI is InChI=1S/C21H27N3OS/c25-20(22-13-12-16-7-2-1-3-8-16)17-9-6-14-24(15-17)21-23-18-10-4-5-11-19(18)26-21/h4-5,7,10-11,17H,1-3,6,8-9,12-15H2,(H,22,25). The van der Waals surface area contributed by atoms with E-state index < -0.39 is 0 Å². The molecule has 1 saturated heterocycles. The molecule has 1 atom stereocenters. The Morgan fingerprint density at radius 1 is 1.27 bits per heavy atom. The molecule has 2 aromatic rings. The van der Waals surface area contributed by atoms with Crippen LogP contribution in [0.15, 0.2) is 35.9 Å². The second kappa shape index (κ2) is 8.21. The van der Waals surface area contributed by atoms with E-state index in [-0.39, 0.29) is 11.8 Å². The van der Waals surface area contributed by atoms with Crippen molar-refractivity contribution in [3.63, 3.8) is 0 Å². The highest BCUT2D eigenvalue weighted by atomic mass is 32.1. The summed E-state index contributed by atoms with van der Waals surface area (Å²) >= 11 is 1.73. The third-order valence-corrected chi connectivity index (χ3v) is 6.57. The molecule has 1 aromatic carbocycles. The number of rotatable bonds is 5. The van der Waals surface area contributed by atoms with Gasteiger partial charge in [0, 0.05) is 19.6 Å². The van der Waals surface area contributed by atoms with Crippen molar-refractivity contribution in [3.8, 4) is 0 Å². The van der Waals surface area contributed by atoms with Crippen LogP contribution in [0.3, 0.4) is 0 Å². The number of fused-ring (bicyclic) bond motifs is 1. The Labute approximate surface area is 159 Å². The van der Waals surface area contributed by atoms with Crippen LogP contribution in [0.1, 0.15) is 44.9 Å². The lowest BCUT2D eigenvalue weighted by atomic mass is 9.96. The van der Waals surface area contributed by atoms with E-state index in [1.165, 1.54) is 36.0 Å². The molecular weight excluding hydrogens is 342 g/mol. The van der Waals surface area contributed by atoms with Gasteiger partial charge in [0.25, 0.3) is 0 Å². The number of carbonyl (C=O) groups excluding carboxylic acids is 1. The van der Waals surface area contributed by atoms with E-state index in [9.17, 15) is 4.79 Å². The monoisotopic (exact) mass is 369 g/mol. The van der Waals surface area contributed by atoms with E-state index in [4.69, 9.17) is 4.98 Å². The third kappa shape index (κ3) is 4.09. The lowest BCUT2D eigenvalue weighted by molar-refractivity contribution is -0.125.